The second kappa shape index (κ2) is 3.43. The van der Waals surface area contributed by atoms with Crippen LogP contribution in [0.3, 0.4) is 0 Å². The Labute approximate surface area is 94.1 Å². The molecule has 0 atom stereocenters. The maximum Gasteiger partial charge on any atom is 0.163 e. The third-order valence-electron chi connectivity index (χ3n) is 3.18. The third kappa shape index (κ3) is 1.27. The molecule has 1 aliphatic heterocycles. The van der Waals surface area contributed by atoms with Gasteiger partial charge >= 0.3 is 0 Å². The van der Waals surface area contributed by atoms with Crippen LogP contribution < -0.4 is 4.90 Å². The van der Waals surface area contributed by atoms with Gasteiger partial charge in [-0.25, -0.2) is 9.97 Å². The summed E-state index contributed by atoms with van der Waals surface area (Å²) in [4.78, 5) is 11.1. The molecule has 0 bridgehead atoms. The highest BCUT2D eigenvalue weighted by Crippen LogP contribution is 2.27. The van der Waals surface area contributed by atoms with Gasteiger partial charge in [0, 0.05) is 20.1 Å². The van der Waals surface area contributed by atoms with Crippen molar-refractivity contribution in [2.24, 2.45) is 7.05 Å². The van der Waals surface area contributed by atoms with Crippen LogP contribution >= 0.6 is 0 Å². The van der Waals surface area contributed by atoms with E-state index in [1.54, 1.807) is 6.33 Å². The molecule has 0 N–H and O–H groups in total. The molecule has 0 saturated carbocycles. The minimum Gasteiger partial charge on any atom is -0.356 e. The van der Waals surface area contributed by atoms with Crippen LogP contribution in [0.25, 0.3) is 11.0 Å². The van der Waals surface area contributed by atoms with E-state index >= 15 is 0 Å². The average molecular weight is 217 g/mol. The molecule has 1 fully saturated rings. The van der Waals surface area contributed by atoms with Gasteiger partial charge in [-0.1, -0.05) is 0 Å². The maximum atomic E-state index is 4.42. The van der Waals surface area contributed by atoms with E-state index in [1.165, 1.54) is 12.8 Å². The highest BCUT2D eigenvalue weighted by molar-refractivity contribution is 5.89. The predicted octanol–water partition coefficient (Wildman–Crippen LogP) is 1.27. The van der Waals surface area contributed by atoms with Crippen LogP contribution in [-0.2, 0) is 7.05 Å². The summed E-state index contributed by atoms with van der Waals surface area (Å²) < 4.78 is 1.83. The van der Waals surface area contributed by atoms with Gasteiger partial charge in [0.05, 0.1) is 11.1 Å². The fraction of sp³-hybridized carbons (Fsp3) is 0.545. The number of nitrogens with zero attached hydrogens (tertiary/aromatic N) is 5. The highest BCUT2D eigenvalue weighted by Gasteiger charge is 2.19. The molecule has 16 heavy (non-hydrogen) atoms. The highest BCUT2D eigenvalue weighted by atomic mass is 15.3. The van der Waals surface area contributed by atoms with Gasteiger partial charge in [-0.2, -0.15) is 5.10 Å². The van der Waals surface area contributed by atoms with Gasteiger partial charge in [0.15, 0.2) is 5.65 Å². The lowest BCUT2D eigenvalue weighted by Gasteiger charge is -2.16. The minimum absolute atomic E-state index is 0.925. The Morgan fingerprint density at radius 1 is 1.19 bits per heavy atom. The second-order valence-electron chi connectivity index (χ2n) is 4.30. The molecule has 5 heteroatoms. The maximum absolute atomic E-state index is 4.42. The molecule has 0 spiro atoms. The van der Waals surface area contributed by atoms with Crippen LogP contribution in [0.5, 0.6) is 0 Å². The molecule has 0 aromatic carbocycles. The van der Waals surface area contributed by atoms with Gasteiger partial charge in [-0.3, -0.25) is 4.68 Å². The third-order valence-corrected chi connectivity index (χ3v) is 3.18. The lowest BCUT2D eigenvalue weighted by Crippen LogP contribution is -2.19. The molecule has 0 aliphatic carbocycles. The van der Waals surface area contributed by atoms with Crippen molar-refractivity contribution in [2.45, 2.75) is 19.8 Å². The summed E-state index contributed by atoms with van der Waals surface area (Å²) in [5.41, 5.74) is 1.94. The van der Waals surface area contributed by atoms with E-state index < -0.39 is 0 Å². The van der Waals surface area contributed by atoms with Crippen molar-refractivity contribution in [3.63, 3.8) is 0 Å². The zero-order valence-corrected chi connectivity index (χ0v) is 9.64. The van der Waals surface area contributed by atoms with E-state index in [9.17, 15) is 0 Å². The molecule has 1 aliphatic rings. The number of rotatable bonds is 1. The molecule has 3 rings (SSSR count). The van der Waals surface area contributed by atoms with Crippen LogP contribution in [0.2, 0.25) is 0 Å². The predicted molar refractivity (Wildman–Crippen MR) is 62.5 cm³/mol. The Bertz CT molecular complexity index is 524. The molecule has 3 heterocycles. The molecule has 0 unspecified atom stereocenters. The molecular formula is C11H15N5. The number of aromatic nitrogens is 4. The van der Waals surface area contributed by atoms with E-state index in [4.69, 9.17) is 0 Å². The monoisotopic (exact) mass is 217 g/mol. The van der Waals surface area contributed by atoms with E-state index in [-0.39, 0.29) is 0 Å². The van der Waals surface area contributed by atoms with Crippen molar-refractivity contribution >= 4 is 16.9 Å². The molecule has 1 saturated heterocycles. The summed E-state index contributed by atoms with van der Waals surface area (Å²) >= 11 is 0. The van der Waals surface area contributed by atoms with Gasteiger partial charge in [-0.15, -0.1) is 0 Å². The van der Waals surface area contributed by atoms with Crippen molar-refractivity contribution in [2.75, 3.05) is 18.0 Å². The van der Waals surface area contributed by atoms with E-state index in [1.807, 2.05) is 18.7 Å². The summed E-state index contributed by atoms with van der Waals surface area (Å²) in [7, 11) is 1.93. The smallest absolute Gasteiger partial charge is 0.163 e. The van der Waals surface area contributed by atoms with Crippen molar-refractivity contribution in [1.82, 2.24) is 19.7 Å². The van der Waals surface area contributed by atoms with Gasteiger partial charge in [0.25, 0.3) is 0 Å². The molecule has 0 radical (unpaired) electrons. The number of hydrogen-bond donors (Lipinski definition) is 0. The summed E-state index contributed by atoms with van der Waals surface area (Å²) in [5.74, 6) is 1.05. The lowest BCUT2D eigenvalue weighted by atomic mass is 10.3. The van der Waals surface area contributed by atoms with Crippen LogP contribution in [0.1, 0.15) is 18.5 Å². The second-order valence-corrected chi connectivity index (χ2v) is 4.30. The standard InChI is InChI=1S/C11H15N5/c1-8-9-10(15(2)14-8)12-7-13-11(9)16-5-3-4-6-16/h7H,3-6H2,1-2H3. The van der Waals surface area contributed by atoms with Crippen LogP contribution in [-0.4, -0.2) is 32.8 Å². The van der Waals surface area contributed by atoms with Crippen LogP contribution in [0.4, 0.5) is 5.82 Å². The quantitative estimate of drug-likeness (QED) is 0.721. The van der Waals surface area contributed by atoms with Gasteiger partial charge < -0.3 is 4.90 Å². The zero-order valence-electron chi connectivity index (χ0n) is 9.64. The molecule has 0 amide bonds. The fourth-order valence-corrected chi connectivity index (χ4v) is 2.43. The molecule has 2 aromatic heterocycles. The van der Waals surface area contributed by atoms with E-state index in [0.29, 0.717) is 0 Å². The first-order chi connectivity index (χ1) is 7.77. The fourth-order valence-electron chi connectivity index (χ4n) is 2.43. The summed E-state index contributed by atoms with van der Waals surface area (Å²) in [5, 5.41) is 5.51. The first-order valence-electron chi connectivity index (χ1n) is 5.66. The van der Waals surface area contributed by atoms with Gasteiger partial charge in [0.2, 0.25) is 0 Å². The molecule has 2 aromatic rings. The molecule has 5 nitrogen and oxygen atoms in total. The van der Waals surface area contributed by atoms with E-state index in [2.05, 4.69) is 20.0 Å². The van der Waals surface area contributed by atoms with Crippen molar-refractivity contribution in [1.29, 1.82) is 0 Å². The first-order valence-corrected chi connectivity index (χ1v) is 5.66. The Hall–Kier alpha value is -1.65. The Kier molecular flexibility index (Phi) is 2.05. The topological polar surface area (TPSA) is 46.8 Å². The van der Waals surface area contributed by atoms with Gasteiger partial charge in [0.1, 0.15) is 12.1 Å². The summed E-state index contributed by atoms with van der Waals surface area (Å²) in [6.45, 7) is 4.21. The Morgan fingerprint density at radius 3 is 2.69 bits per heavy atom. The number of anilines is 1. The summed E-state index contributed by atoms with van der Waals surface area (Å²) in [6, 6.07) is 0. The molecule has 84 valence electrons. The number of fused-ring (bicyclic) bond motifs is 1. The number of hydrogen-bond acceptors (Lipinski definition) is 4. The van der Waals surface area contributed by atoms with Crippen LogP contribution in [0, 0.1) is 6.92 Å². The van der Waals surface area contributed by atoms with Crippen molar-refractivity contribution < 1.29 is 0 Å². The Balaban J connectivity index is 2.23. The summed E-state index contributed by atoms with van der Waals surface area (Å²) in [6.07, 6.45) is 4.15. The van der Waals surface area contributed by atoms with Crippen LogP contribution in [0.15, 0.2) is 6.33 Å². The SMILES string of the molecule is Cc1nn(C)c2ncnc(N3CCCC3)c12. The number of aryl methyl sites for hydroxylation is 2. The average Bonchev–Trinajstić information content (AvgIpc) is 2.88. The van der Waals surface area contributed by atoms with Gasteiger partial charge in [-0.05, 0) is 19.8 Å². The zero-order chi connectivity index (χ0) is 11.1. The largest absolute Gasteiger partial charge is 0.356 e. The minimum atomic E-state index is 0.925. The Morgan fingerprint density at radius 2 is 1.94 bits per heavy atom. The van der Waals surface area contributed by atoms with Crippen molar-refractivity contribution in [3.05, 3.63) is 12.0 Å². The van der Waals surface area contributed by atoms with Crippen molar-refractivity contribution in [3.8, 4) is 0 Å². The first kappa shape index (κ1) is 9.57. The normalized spacial score (nSPS) is 16.2. The molecular weight excluding hydrogens is 202 g/mol. The van der Waals surface area contributed by atoms with E-state index in [0.717, 1.165) is 35.6 Å². The lowest BCUT2D eigenvalue weighted by molar-refractivity contribution is 0.773.